The van der Waals surface area contributed by atoms with Crippen LogP contribution in [0.4, 0.5) is 0 Å². The van der Waals surface area contributed by atoms with Crippen molar-refractivity contribution in [3.05, 3.63) is 34.9 Å². The van der Waals surface area contributed by atoms with E-state index in [1.54, 1.807) is 11.8 Å². The summed E-state index contributed by atoms with van der Waals surface area (Å²) in [6.45, 7) is 3.82. The van der Waals surface area contributed by atoms with Gasteiger partial charge in [-0.3, -0.25) is 4.99 Å². The highest BCUT2D eigenvalue weighted by atomic mass is 35.5. The van der Waals surface area contributed by atoms with Gasteiger partial charge in [-0.1, -0.05) is 42.4 Å². The Kier molecular flexibility index (Phi) is 3.50. The number of rotatable bonds is 2. The van der Waals surface area contributed by atoms with Crippen molar-refractivity contribution in [3.8, 4) is 0 Å². The highest BCUT2D eigenvalue weighted by Crippen LogP contribution is 2.47. The largest absolute Gasteiger partial charge is 0.366 e. The first-order valence-corrected chi connectivity index (χ1v) is 7.89. The summed E-state index contributed by atoms with van der Waals surface area (Å²) < 4.78 is 0. The summed E-state index contributed by atoms with van der Waals surface area (Å²) in [6, 6.07) is 7.55. The van der Waals surface area contributed by atoms with E-state index in [2.05, 4.69) is 11.9 Å². The van der Waals surface area contributed by atoms with E-state index in [0.29, 0.717) is 5.02 Å². The third-order valence-corrected chi connectivity index (χ3v) is 5.49. The second-order valence-electron chi connectivity index (χ2n) is 4.92. The fourth-order valence-corrected chi connectivity index (χ4v) is 4.37. The maximum absolute atomic E-state index is 11.3. The number of thioether (sulfide) groups is 1. The minimum Gasteiger partial charge on any atom is -0.366 e. The molecule has 0 saturated carbocycles. The molecule has 102 valence electrons. The molecule has 0 aromatic heterocycles. The van der Waals surface area contributed by atoms with Crippen LogP contribution in [0.1, 0.15) is 25.3 Å². The Morgan fingerprint density at radius 1 is 1.58 bits per heavy atom. The van der Waals surface area contributed by atoms with E-state index < -0.39 is 5.72 Å². The van der Waals surface area contributed by atoms with E-state index in [1.165, 1.54) is 0 Å². The van der Waals surface area contributed by atoms with Gasteiger partial charge in [0.05, 0.1) is 5.25 Å². The lowest BCUT2D eigenvalue weighted by Gasteiger charge is -2.39. The number of aliphatic imine (C=N–C) groups is 1. The summed E-state index contributed by atoms with van der Waals surface area (Å²) in [4.78, 5) is 6.59. The molecule has 1 aromatic rings. The van der Waals surface area contributed by atoms with Crippen molar-refractivity contribution in [3.63, 3.8) is 0 Å². The number of benzene rings is 1. The summed E-state index contributed by atoms with van der Waals surface area (Å²) in [5, 5.41) is 13.0. The van der Waals surface area contributed by atoms with E-state index in [1.807, 2.05) is 29.2 Å². The molecule has 3 nitrogen and oxygen atoms in total. The number of fused-ring (bicyclic) bond motifs is 1. The normalized spacial score (nSPS) is 30.2. The van der Waals surface area contributed by atoms with Crippen molar-refractivity contribution in [2.24, 2.45) is 4.99 Å². The molecular weight excluding hydrogens is 280 g/mol. The second-order valence-corrected chi connectivity index (χ2v) is 6.53. The summed E-state index contributed by atoms with van der Waals surface area (Å²) >= 11 is 7.77. The molecule has 0 bridgehead atoms. The molecule has 2 aliphatic rings. The third-order valence-electron chi connectivity index (χ3n) is 3.75. The smallest absolute Gasteiger partial charge is 0.178 e. The van der Waals surface area contributed by atoms with Crippen molar-refractivity contribution in [1.29, 1.82) is 0 Å². The standard InChI is InChI=1S/C14H17ClN2OS/c1-2-12-14(18,10-5-3-6-11(15)9-10)17-8-4-7-16-13(17)19-12/h3,5-6,9,12,18H,2,4,7-8H2,1H3. The lowest BCUT2D eigenvalue weighted by Crippen LogP contribution is -2.50. The zero-order chi connectivity index (χ0) is 13.5. The molecule has 1 N–H and O–H groups in total. The van der Waals surface area contributed by atoms with Crippen molar-refractivity contribution >= 4 is 28.5 Å². The van der Waals surface area contributed by atoms with Crippen molar-refractivity contribution < 1.29 is 5.11 Å². The summed E-state index contributed by atoms with van der Waals surface area (Å²) in [5.41, 5.74) is -0.115. The maximum atomic E-state index is 11.3. The zero-order valence-corrected chi connectivity index (χ0v) is 12.4. The SMILES string of the molecule is CCC1SC2=NCCCN2C1(O)c1cccc(Cl)c1. The lowest BCUT2D eigenvalue weighted by atomic mass is 9.95. The van der Waals surface area contributed by atoms with Crippen LogP contribution in [0.2, 0.25) is 5.02 Å². The van der Waals surface area contributed by atoms with Gasteiger partial charge in [0.15, 0.2) is 10.9 Å². The number of halogens is 1. The summed E-state index contributed by atoms with van der Waals surface area (Å²) in [5.74, 6) is 0. The molecule has 2 aliphatic heterocycles. The monoisotopic (exact) mass is 296 g/mol. The van der Waals surface area contributed by atoms with Crippen LogP contribution in [0.5, 0.6) is 0 Å². The first-order chi connectivity index (χ1) is 9.16. The summed E-state index contributed by atoms with van der Waals surface area (Å²) in [7, 11) is 0. The number of hydrogen-bond donors (Lipinski definition) is 1. The van der Waals surface area contributed by atoms with E-state index in [4.69, 9.17) is 11.6 Å². The predicted molar refractivity (Wildman–Crippen MR) is 80.6 cm³/mol. The molecule has 0 radical (unpaired) electrons. The molecule has 2 unspecified atom stereocenters. The average molecular weight is 297 g/mol. The van der Waals surface area contributed by atoms with Gasteiger partial charge in [-0.05, 0) is 25.0 Å². The number of hydrogen-bond acceptors (Lipinski definition) is 4. The molecular formula is C14H17ClN2OS. The molecule has 2 heterocycles. The molecule has 1 fully saturated rings. The van der Waals surface area contributed by atoms with E-state index in [9.17, 15) is 5.11 Å². The Hall–Kier alpha value is -0.710. The lowest BCUT2D eigenvalue weighted by molar-refractivity contribution is -0.0727. The van der Waals surface area contributed by atoms with Crippen LogP contribution < -0.4 is 0 Å². The van der Waals surface area contributed by atoms with Gasteiger partial charge in [0.2, 0.25) is 0 Å². The van der Waals surface area contributed by atoms with Gasteiger partial charge >= 0.3 is 0 Å². The molecule has 3 rings (SSSR count). The van der Waals surface area contributed by atoms with Crippen LogP contribution in [0.3, 0.4) is 0 Å². The van der Waals surface area contributed by atoms with Gasteiger partial charge in [0, 0.05) is 23.7 Å². The fraction of sp³-hybridized carbons (Fsp3) is 0.500. The highest BCUT2D eigenvalue weighted by Gasteiger charge is 2.52. The van der Waals surface area contributed by atoms with Crippen LogP contribution >= 0.6 is 23.4 Å². The molecule has 0 aliphatic carbocycles. The van der Waals surface area contributed by atoms with Crippen LogP contribution in [0, 0.1) is 0 Å². The number of aliphatic hydroxyl groups is 1. The van der Waals surface area contributed by atoms with Crippen LogP contribution in [-0.4, -0.2) is 33.5 Å². The third kappa shape index (κ3) is 2.06. The van der Waals surface area contributed by atoms with Crippen molar-refractivity contribution in [1.82, 2.24) is 4.90 Å². The number of amidine groups is 1. The quantitative estimate of drug-likeness (QED) is 0.911. The van der Waals surface area contributed by atoms with Crippen LogP contribution in [-0.2, 0) is 5.72 Å². The Bertz CT molecular complexity index is 522. The van der Waals surface area contributed by atoms with E-state index in [0.717, 1.165) is 36.7 Å². The molecule has 1 aromatic carbocycles. The first-order valence-electron chi connectivity index (χ1n) is 6.63. The van der Waals surface area contributed by atoms with Crippen molar-refractivity contribution in [2.45, 2.75) is 30.7 Å². The Morgan fingerprint density at radius 3 is 3.16 bits per heavy atom. The van der Waals surface area contributed by atoms with Crippen LogP contribution in [0.15, 0.2) is 29.3 Å². The molecule has 5 heteroatoms. The van der Waals surface area contributed by atoms with E-state index in [-0.39, 0.29) is 5.25 Å². The Labute approximate surface area is 122 Å². The first kappa shape index (κ1) is 13.3. The Balaban J connectivity index is 2.08. The molecule has 2 atom stereocenters. The maximum Gasteiger partial charge on any atom is 0.178 e. The molecule has 0 amide bonds. The van der Waals surface area contributed by atoms with Gasteiger partial charge in [-0.2, -0.15) is 0 Å². The van der Waals surface area contributed by atoms with Gasteiger partial charge in [-0.15, -0.1) is 0 Å². The van der Waals surface area contributed by atoms with Crippen molar-refractivity contribution in [2.75, 3.05) is 13.1 Å². The van der Waals surface area contributed by atoms with Gasteiger partial charge < -0.3 is 10.0 Å². The van der Waals surface area contributed by atoms with E-state index >= 15 is 0 Å². The minimum absolute atomic E-state index is 0.0998. The van der Waals surface area contributed by atoms with Gasteiger partial charge in [-0.25, -0.2) is 0 Å². The fourth-order valence-electron chi connectivity index (χ4n) is 2.81. The average Bonchev–Trinajstić information content (AvgIpc) is 2.73. The Morgan fingerprint density at radius 2 is 2.42 bits per heavy atom. The molecule has 19 heavy (non-hydrogen) atoms. The number of nitrogens with zero attached hydrogens (tertiary/aromatic N) is 2. The predicted octanol–water partition coefficient (Wildman–Crippen LogP) is 3.07. The summed E-state index contributed by atoms with van der Waals surface area (Å²) in [6.07, 6.45) is 1.88. The highest BCUT2D eigenvalue weighted by molar-refractivity contribution is 8.14. The molecule has 1 saturated heterocycles. The zero-order valence-electron chi connectivity index (χ0n) is 10.8. The minimum atomic E-state index is -0.983. The van der Waals surface area contributed by atoms with Gasteiger partial charge in [0.25, 0.3) is 0 Å². The molecule has 0 spiro atoms. The van der Waals surface area contributed by atoms with Gasteiger partial charge in [0.1, 0.15) is 0 Å². The topological polar surface area (TPSA) is 35.8 Å². The van der Waals surface area contributed by atoms with Crippen LogP contribution in [0.25, 0.3) is 0 Å². The second kappa shape index (κ2) is 5.00.